The largest absolute Gasteiger partial charge is 0.322 e. The van der Waals surface area contributed by atoms with Crippen molar-refractivity contribution in [1.29, 1.82) is 5.26 Å². The first-order chi connectivity index (χ1) is 18.1. The summed E-state index contributed by atoms with van der Waals surface area (Å²) in [5.74, 6) is 0.310. The maximum atomic E-state index is 13.3. The second kappa shape index (κ2) is 11.8. The predicted octanol–water partition coefficient (Wildman–Crippen LogP) is 7.84. The topological polar surface area (TPSA) is 82.0 Å². The van der Waals surface area contributed by atoms with Crippen LogP contribution < -0.4 is 10.6 Å². The molecule has 0 bridgehead atoms. The third kappa shape index (κ3) is 6.31. The number of carbonyl (C=O) groups excluding carboxylic acids is 2. The number of benzene rings is 2. The summed E-state index contributed by atoms with van der Waals surface area (Å²) in [7, 11) is 0. The van der Waals surface area contributed by atoms with Gasteiger partial charge in [-0.1, -0.05) is 52.0 Å². The smallest absolute Gasteiger partial charge is 0.255 e. The predicted molar refractivity (Wildman–Crippen MR) is 158 cm³/mol. The number of aryl methyl sites for hydroxylation is 1. The lowest BCUT2D eigenvalue weighted by Gasteiger charge is -2.33. The second-order valence-corrected chi connectivity index (χ2v) is 13.3. The zero-order valence-corrected chi connectivity index (χ0v) is 24.3. The van der Waals surface area contributed by atoms with Crippen molar-refractivity contribution in [2.75, 3.05) is 10.6 Å². The molecule has 0 fully saturated rings. The number of fused-ring (bicyclic) bond motifs is 1. The number of nitriles is 1. The van der Waals surface area contributed by atoms with Gasteiger partial charge in [-0.2, -0.15) is 5.26 Å². The summed E-state index contributed by atoms with van der Waals surface area (Å²) in [6, 6.07) is 17.4. The van der Waals surface area contributed by atoms with Gasteiger partial charge in [-0.05, 0) is 79.3 Å². The third-order valence-corrected chi connectivity index (χ3v) is 9.79. The van der Waals surface area contributed by atoms with Gasteiger partial charge >= 0.3 is 0 Å². The van der Waals surface area contributed by atoms with Gasteiger partial charge in [-0.25, -0.2) is 0 Å². The van der Waals surface area contributed by atoms with E-state index in [9.17, 15) is 14.9 Å². The molecule has 2 aromatic carbocycles. The van der Waals surface area contributed by atoms with Gasteiger partial charge in [0, 0.05) is 21.0 Å². The minimum atomic E-state index is -0.328. The average Bonchev–Trinajstić information content (AvgIpc) is 3.23. The van der Waals surface area contributed by atoms with E-state index < -0.39 is 0 Å². The molecule has 0 saturated heterocycles. The lowest BCUT2D eigenvalue weighted by atomic mass is 9.72. The summed E-state index contributed by atoms with van der Waals surface area (Å²) >= 11 is 3.03. The Hall–Kier alpha value is -3.08. The van der Waals surface area contributed by atoms with E-state index in [1.807, 2.05) is 62.4 Å². The van der Waals surface area contributed by atoms with Crippen LogP contribution in [0.15, 0.2) is 53.4 Å². The van der Waals surface area contributed by atoms with Crippen LogP contribution in [-0.4, -0.2) is 17.1 Å². The first-order valence-electron chi connectivity index (χ1n) is 13.1. The highest BCUT2D eigenvalue weighted by molar-refractivity contribution is 8.00. The number of nitrogens with one attached hydrogen (secondary N) is 2. The average molecular weight is 546 g/mol. The van der Waals surface area contributed by atoms with E-state index in [1.54, 1.807) is 11.3 Å². The Morgan fingerprint density at radius 2 is 1.92 bits per heavy atom. The molecule has 2 amide bonds. The molecule has 5 nitrogen and oxygen atoms in total. The summed E-state index contributed by atoms with van der Waals surface area (Å²) in [6.45, 7) is 10.7. The van der Waals surface area contributed by atoms with E-state index in [-0.39, 0.29) is 22.5 Å². The van der Waals surface area contributed by atoms with Crippen molar-refractivity contribution in [3.63, 3.8) is 0 Å². The van der Waals surface area contributed by atoms with Crippen molar-refractivity contribution < 1.29 is 9.59 Å². The first kappa shape index (κ1) is 27.9. The number of hydrogen-bond donors (Lipinski definition) is 2. The summed E-state index contributed by atoms with van der Waals surface area (Å²) in [5.41, 5.74) is 4.20. The van der Waals surface area contributed by atoms with Crippen LogP contribution in [0.3, 0.4) is 0 Å². The number of nitrogens with zero attached hydrogens (tertiary/aromatic N) is 1. The van der Waals surface area contributed by atoms with Crippen LogP contribution in [0.4, 0.5) is 10.7 Å². The molecule has 1 aromatic heterocycles. The van der Waals surface area contributed by atoms with Crippen molar-refractivity contribution in [2.45, 2.75) is 70.4 Å². The standard InChI is InChI=1S/C31H35N3O2S2/c1-6-26(37-22-12-9-11-21(17-22)33-28(35)23-13-8-7-10-19(23)2)29(36)34-30-25(18-32)24-15-14-20(31(3,4)5)16-27(24)38-30/h7-13,17,20,26H,6,14-16H2,1-5H3,(H,33,35)(H,34,36). The highest BCUT2D eigenvalue weighted by Crippen LogP contribution is 2.44. The van der Waals surface area contributed by atoms with Crippen LogP contribution >= 0.6 is 23.1 Å². The molecule has 0 aliphatic heterocycles. The number of rotatable bonds is 7. The molecule has 1 heterocycles. The van der Waals surface area contributed by atoms with Crippen LogP contribution in [0.25, 0.3) is 0 Å². The highest BCUT2D eigenvalue weighted by atomic mass is 32.2. The van der Waals surface area contributed by atoms with Crippen molar-refractivity contribution in [1.82, 2.24) is 0 Å². The molecule has 2 atom stereocenters. The minimum absolute atomic E-state index is 0.102. The Balaban J connectivity index is 1.46. The molecule has 2 unspecified atom stereocenters. The van der Waals surface area contributed by atoms with Crippen LogP contribution in [-0.2, 0) is 17.6 Å². The Morgan fingerprint density at radius 3 is 2.61 bits per heavy atom. The molecule has 0 spiro atoms. The van der Waals surface area contributed by atoms with Gasteiger partial charge in [0.1, 0.15) is 11.1 Å². The molecule has 7 heteroatoms. The van der Waals surface area contributed by atoms with Crippen LogP contribution in [0.5, 0.6) is 0 Å². The number of hydrogen-bond acceptors (Lipinski definition) is 5. The monoisotopic (exact) mass is 545 g/mol. The lowest BCUT2D eigenvalue weighted by molar-refractivity contribution is -0.115. The third-order valence-electron chi connectivity index (χ3n) is 7.26. The maximum absolute atomic E-state index is 13.3. The van der Waals surface area contributed by atoms with Crippen LogP contribution in [0.1, 0.15) is 72.5 Å². The van der Waals surface area contributed by atoms with E-state index in [0.717, 1.165) is 35.3 Å². The van der Waals surface area contributed by atoms with Crippen molar-refractivity contribution in [2.24, 2.45) is 11.3 Å². The zero-order valence-electron chi connectivity index (χ0n) is 22.7. The van der Waals surface area contributed by atoms with Gasteiger partial charge in [-0.15, -0.1) is 23.1 Å². The van der Waals surface area contributed by atoms with Crippen LogP contribution in [0.2, 0.25) is 0 Å². The molecule has 0 saturated carbocycles. The maximum Gasteiger partial charge on any atom is 0.255 e. The number of carbonyl (C=O) groups is 2. The Kier molecular flexibility index (Phi) is 8.64. The van der Waals surface area contributed by atoms with Gasteiger partial charge in [-0.3, -0.25) is 9.59 Å². The van der Waals surface area contributed by atoms with Gasteiger partial charge in [0.05, 0.1) is 10.8 Å². The molecule has 38 heavy (non-hydrogen) atoms. The van der Waals surface area contributed by atoms with Gasteiger partial charge in [0.25, 0.3) is 5.91 Å². The number of thiophene rings is 1. The van der Waals surface area contributed by atoms with E-state index in [0.29, 0.717) is 34.2 Å². The fourth-order valence-electron chi connectivity index (χ4n) is 4.88. The number of thioether (sulfide) groups is 1. The summed E-state index contributed by atoms with van der Waals surface area (Å²) in [6.07, 6.45) is 3.55. The second-order valence-electron chi connectivity index (χ2n) is 10.9. The van der Waals surface area contributed by atoms with Crippen molar-refractivity contribution in [3.8, 4) is 6.07 Å². The van der Waals surface area contributed by atoms with Crippen LogP contribution in [0, 0.1) is 29.6 Å². The van der Waals surface area contributed by atoms with Crippen molar-refractivity contribution in [3.05, 3.63) is 75.7 Å². The Bertz CT molecular complexity index is 1380. The number of amides is 2. The van der Waals surface area contributed by atoms with Gasteiger partial charge in [0.15, 0.2) is 0 Å². The Labute approximate surface area is 234 Å². The minimum Gasteiger partial charge on any atom is -0.322 e. The fraction of sp³-hybridized carbons (Fsp3) is 0.387. The van der Waals surface area contributed by atoms with E-state index in [2.05, 4.69) is 37.5 Å². The summed E-state index contributed by atoms with van der Waals surface area (Å²) < 4.78 is 0. The quantitative estimate of drug-likeness (QED) is 0.296. The molecular formula is C31H35N3O2S2. The molecule has 4 rings (SSSR count). The SMILES string of the molecule is CCC(Sc1cccc(NC(=O)c2ccccc2C)c1)C(=O)Nc1sc2c(c1C#N)CCC(C(C)(C)C)C2. The molecule has 1 aliphatic carbocycles. The van der Waals surface area contributed by atoms with Crippen molar-refractivity contribution >= 4 is 45.6 Å². The lowest BCUT2D eigenvalue weighted by Crippen LogP contribution is -2.26. The van der Waals surface area contributed by atoms with E-state index in [4.69, 9.17) is 0 Å². The van der Waals surface area contributed by atoms with Gasteiger partial charge < -0.3 is 10.6 Å². The molecule has 0 radical (unpaired) electrons. The molecule has 1 aliphatic rings. The molecule has 198 valence electrons. The molecule has 3 aromatic rings. The molecule has 2 N–H and O–H groups in total. The Morgan fingerprint density at radius 1 is 1.16 bits per heavy atom. The summed E-state index contributed by atoms with van der Waals surface area (Å²) in [4.78, 5) is 28.2. The zero-order chi connectivity index (χ0) is 27.4. The molecular weight excluding hydrogens is 510 g/mol. The van der Waals surface area contributed by atoms with Gasteiger partial charge in [0.2, 0.25) is 5.91 Å². The highest BCUT2D eigenvalue weighted by Gasteiger charge is 2.33. The first-order valence-corrected chi connectivity index (χ1v) is 14.8. The normalized spacial score (nSPS) is 15.7. The van der Waals surface area contributed by atoms with E-state index in [1.165, 1.54) is 16.6 Å². The fourth-order valence-corrected chi connectivity index (χ4v) is 7.18. The number of anilines is 2. The van der Waals surface area contributed by atoms with E-state index >= 15 is 0 Å². The summed E-state index contributed by atoms with van der Waals surface area (Å²) in [5, 5.41) is 16.3.